The molecule has 1 N–H and O–H groups in total. The number of hydrogen-bond donors (Lipinski definition) is 1. The van der Waals surface area contributed by atoms with Crippen molar-refractivity contribution < 1.29 is 12.4 Å². The molecular formula is C33H32ClN3. The van der Waals surface area contributed by atoms with E-state index in [9.17, 15) is 0 Å². The Kier molecular flexibility index (Phi) is 7.95. The highest BCUT2D eigenvalue weighted by Gasteiger charge is 2.26. The molecule has 5 rings (SSSR count). The molecule has 186 valence electrons. The molecule has 0 spiro atoms. The van der Waals surface area contributed by atoms with Gasteiger partial charge in [-0.25, -0.2) is 0 Å². The summed E-state index contributed by atoms with van der Waals surface area (Å²) in [5.74, 6) is 1.23. The first kappa shape index (κ1) is 26.0. The third kappa shape index (κ3) is 5.52. The Morgan fingerprint density at radius 3 is 1.51 bits per heavy atom. The monoisotopic (exact) mass is 505 g/mol. The van der Waals surface area contributed by atoms with E-state index < -0.39 is 0 Å². The second kappa shape index (κ2) is 11.3. The van der Waals surface area contributed by atoms with Gasteiger partial charge >= 0.3 is 0 Å². The number of halogens is 1. The summed E-state index contributed by atoms with van der Waals surface area (Å²) in [6.07, 6.45) is 0. The third-order valence-electron chi connectivity index (χ3n) is 6.59. The average Bonchev–Trinajstić information content (AvgIpc) is 2.91. The van der Waals surface area contributed by atoms with Gasteiger partial charge in [0.15, 0.2) is 0 Å². The van der Waals surface area contributed by atoms with E-state index in [1.165, 1.54) is 44.8 Å². The quantitative estimate of drug-likeness (QED) is 0.255. The van der Waals surface area contributed by atoms with Crippen LogP contribution in [0.3, 0.4) is 0 Å². The van der Waals surface area contributed by atoms with E-state index in [2.05, 4.69) is 153 Å². The van der Waals surface area contributed by atoms with Gasteiger partial charge in [-0.1, -0.05) is 30.3 Å². The molecule has 0 saturated carbocycles. The molecule has 0 saturated heterocycles. The van der Waals surface area contributed by atoms with Crippen molar-refractivity contribution in [3.8, 4) is 0 Å². The maximum atomic E-state index is 3.61. The van der Waals surface area contributed by atoms with Crippen LogP contribution in [-0.2, 0) is 0 Å². The summed E-state index contributed by atoms with van der Waals surface area (Å²) in [6, 6.07) is 41.1. The van der Waals surface area contributed by atoms with E-state index in [0.717, 1.165) is 11.4 Å². The minimum Gasteiger partial charge on any atom is -1.00 e. The lowest BCUT2D eigenvalue weighted by molar-refractivity contribution is -0.00000708. The van der Waals surface area contributed by atoms with Crippen molar-refractivity contribution in [1.82, 2.24) is 0 Å². The largest absolute Gasteiger partial charge is 1.00 e. The van der Waals surface area contributed by atoms with Gasteiger partial charge in [-0.2, -0.15) is 0 Å². The van der Waals surface area contributed by atoms with Crippen molar-refractivity contribution >= 4 is 33.5 Å². The van der Waals surface area contributed by atoms with E-state index in [-0.39, 0.29) is 12.4 Å². The van der Waals surface area contributed by atoms with Crippen LogP contribution in [0.25, 0.3) is 10.8 Å². The summed E-state index contributed by atoms with van der Waals surface area (Å²) >= 11 is 0. The first-order chi connectivity index (χ1) is 17.5. The molecule has 0 aliphatic carbocycles. The van der Waals surface area contributed by atoms with Crippen molar-refractivity contribution in [2.45, 2.75) is 0 Å². The van der Waals surface area contributed by atoms with Gasteiger partial charge in [0.1, 0.15) is 0 Å². The number of hydrogen-bond acceptors (Lipinski definition) is 3. The summed E-state index contributed by atoms with van der Waals surface area (Å²) < 4.78 is 0. The molecule has 0 aliphatic rings. The van der Waals surface area contributed by atoms with Crippen LogP contribution in [0.5, 0.6) is 0 Å². The Labute approximate surface area is 226 Å². The first-order valence-corrected chi connectivity index (χ1v) is 12.3. The number of para-hydroxylation sites is 1. The fourth-order valence-electron chi connectivity index (χ4n) is 4.63. The van der Waals surface area contributed by atoms with Crippen LogP contribution in [0.4, 0.5) is 22.7 Å². The molecule has 0 radical (unpaired) electrons. The third-order valence-corrected chi connectivity index (χ3v) is 6.59. The Balaban J connectivity index is 0.00000320. The molecule has 0 bridgehead atoms. The van der Waals surface area contributed by atoms with Crippen molar-refractivity contribution in [2.24, 2.45) is 0 Å². The predicted molar refractivity (Wildman–Crippen MR) is 156 cm³/mol. The maximum absolute atomic E-state index is 3.61. The summed E-state index contributed by atoms with van der Waals surface area (Å²) in [4.78, 5) is 4.27. The summed E-state index contributed by atoms with van der Waals surface area (Å²) in [5.41, 5.74) is 8.18. The molecule has 0 unspecified atom stereocenters. The lowest BCUT2D eigenvalue weighted by Crippen LogP contribution is -3.00. The second-order valence-electron chi connectivity index (χ2n) is 9.45. The first-order valence-electron chi connectivity index (χ1n) is 12.3. The normalized spacial score (nSPS) is 10.5. The number of anilines is 4. The van der Waals surface area contributed by atoms with Gasteiger partial charge in [0, 0.05) is 56.0 Å². The number of benzene rings is 5. The highest BCUT2D eigenvalue weighted by Crippen LogP contribution is 2.39. The van der Waals surface area contributed by atoms with Crippen molar-refractivity contribution in [1.29, 1.82) is 0 Å². The molecule has 0 heterocycles. The molecule has 5 aromatic rings. The molecule has 0 aliphatic heterocycles. The van der Waals surface area contributed by atoms with Crippen molar-refractivity contribution in [3.63, 3.8) is 0 Å². The van der Waals surface area contributed by atoms with E-state index in [1.54, 1.807) is 0 Å². The van der Waals surface area contributed by atoms with Crippen LogP contribution in [0.2, 0.25) is 0 Å². The Bertz CT molecular complexity index is 1390. The van der Waals surface area contributed by atoms with Crippen LogP contribution in [0, 0.1) is 5.92 Å². The minimum absolute atomic E-state index is 0. The van der Waals surface area contributed by atoms with E-state index in [4.69, 9.17) is 0 Å². The van der Waals surface area contributed by atoms with Gasteiger partial charge in [-0.05, 0) is 84.9 Å². The summed E-state index contributed by atoms with van der Waals surface area (Å²) in [7, 11) is 8.30. The SMILES string of the molecule is CN(C)c1ccc([C+](c2ccc(N(C)C)cc2)c2ccc(Nc3ccccc3)c3ccccc23)cc1.[Cl-]. The predicted octanol–water partition coefficient (Wildman–Crippen LogP) is 4.74. The zero-order chi connectivity index (χ0) is 25.1. The highest BCUT2D eigenvalue weighted by atomic mass is 35.5. The zero-order valence-corrected chi connectivity index (χ0v) is 22.5. The number of rotatable bonds is 7. The minimum atomic E-state index is 0. The van der Waals surface area contributed by atoms with E-state index in [1.807, 2.05) is 6.07 Å². The zero-order valence-electron chi connectivity index (χ0n) is 21.7. The van der Waals surface area contributed by atoms with Gasteiger partial charge in [0.2, 0.25) is 0 Å². The number of nitrogens with one attached hydrogen (secondary N) is 1. The fourth-order valence-corrected chi connectivity index (χ4v) is 4.63. The smallest absolute Gasteiger partial charge is 0.0638 e. The van der Waals surface area contributed by atoms with Gasteiger partial charge in [-0.3, -0.25) is 0 Å². The van der Waals surface area contributed by atoms with E-state index >= 15 is 0 Å². The molecule has 0 fully saturated rings. The average molecular weight is 506 g/mol. The van der Waals surface area contributed by atoms with Gasteiger partial charge in [0.05, 0.1) is 28.3 Å². The maximum Gasteiger partial charge on any atom is 0.0638 e. The Morgan fingerprint density at radius 1 is 0.514 bits per heavy atom. The molecule has 0 amide bonds. The van der Waals surface area contributed by atoms with Crippen LogP contribution in [-0.4, -0.2) is 28.2 Å². The number of fused-ring (bicyclic) bond motifs is 1. The molecule has 5 aromatic carbocycles. The van der Waals surface area contributed by atoms with Crippen LogP contribution in [0.15, 0.2) is 115 Å². The van der Waals surface area contributed by atoms with Gasteiger partial charge in [0.25, 0.3) is 0 Å². The Morgan fingerprint density at radius 2 is 1.00 bits per heavy atom. The molecule has 0 atom stereocenters. The van der Waals surface area contributed by atoms with Crippen molar-refractivity contribution in [2.75, 3.05) is 43.3 Å². The molecule has 4 heteroatoms. The van der Waals surface area contributed by atoms with Crippen molar-refractivity contribution in [3.05, 3.63) is 138 Å². The topological polar surface area (TPSA) is 18.5 Å². The standard InChI is InChI=1S/C33H32N3.ClH/c1-35(2)27-18-14-24(15-19-27)33(25-16-20-28(21-17-25)36(3)4)31-22-23-32(30-13-9-8-12-29(30)31)34-26-10-6-5-7-11-26;/h5-23,34H,1-4H3;1H/q+1;/p-1. The fraction of sp³-hybridized carbons (Fsp3) is 0.121. The van der Waals surface area contributed by atoms with Gasteiger partial charge in [-0.15, -0.1) is 0 Å². The molecule has 0 aromatic heterocycles. The highest BCUT2D eigenvalue weighted by molar-refractivity contribution is 5.99. The van der Waals surface area contributed by atoms with Crippen LogP contribution in [0.1, 0.15) is 16.7 Å². The van der Waals surface area contributed by atoms with Crippen LogP contribution < -0.4 is 27.5 Å². The van der Waals surface area contributed by atoms with Gasteiger partial charge < -0.3 is 27.5 Å². The molecule has 3 nitrogen and oxygen atoms in total. The Hall–Kier alpha value is -4.08. The second-order valence-corrected chi connectivity index (χ2v) is 9.45. The summed E-state index contributed by atoms with van der Waals surface area (Å²) in [5, 5.41) is 6.04. The van der Waals surface area contributed by atoms with Crippen LogP contribution >= 0.6 is 0 Å². The number of nitrogens with zero attached hydrogens (tertiary/aromatic N) is 2. The molecule has 37 heavy (non-hydrogen) atoms. The lowest BCUT2D eigenvalue weighted by Gasteiger charge is -2.19. The molecular weight excluding hydrogens is 474 g/mol. The van der Waals surface area contributed by atoms with E-state index in [0.29, 0.717) is 0 Å². The lowest BCUT2D eigenvalue weighted by atomic mass is 9.82. The summed E-state index contributed by atoms with van der Waals surface area (Å²) in [6.45, 7) is 0.